The first-order valence-electron chi connectivity index (χ1n) is 3.32. The maximum Gasteiger partial charge on any atom is 0.157 e. The monoisotopic (exact) mass is 164 g/mol. The van der Waals surface area contributed by atoms with Gasteiger partial charge in [-0.15, -0.1) is 0 Å². The number of aromatic hydroxyl groups is 2. The van der Waals surface area contributed by atoms with Crippen LogP contribution in [0.2, 0.25) is 0 Å². The molecule has 0 saturated heterocycles. The molecule has 0 aliphatic rings. The highest BCUT2D eigenvalue weighted by atomic mass is 16.3. The molecule has 12 heavy (non-hydrogen) atoms. The molecule has 0 aliphatic carbocycles. The van der Waals surface area contributed by atoms with Gasteiger partial charge in [-0.2, -0.15) is 5.26 Å². The molecule has 0 bridgehead atoms. The van der Waals surface area contributed by atoms with Crippen molar-refractivity contribution in [3.8, 4) is 17.6 Å². The molecule has 1 aromatic rings. The summed E-state index contributed by atoms with van der Waals surface area (Å²) in [4.78, 5) is 0. The van der Waals surface area contributed by atoms with Crippen LogP contribution in [0.4, 0.5) is 0 Å². The van der Waals surface area contributed by atoms with Gasteiger partial charge in [0.05, 0.1) is 6.07 Å². The molecule has 0 aromatic heterocycles. The highest BCUT2D eigenvalue weighted by Gasteiger charge is 2.06. The van der Waals surface area contributed by atoms with Gasteiger partial charge in [-0.3, -0.25) is 0 Å². The van der Waals surface area contributed by atoms with Crippen LogP contribution < -0.4 is 5.73 Å². The number of nitriles is 1. The van der Waals surface area contributed by atoms with E-state index in [2.05, 4.69) is 0 Å². The number of nitrogens with two attached hydrogens (primary N) is 1. The molecule has 1 unspecified atom stereocenters. The fraction of sp³-hybridized carbons (Fsp3) is 0.125. The van der Waals surface area contributed by atoms with Crippen LogP contribution in [0.3, 0.4) is 0 Å². The van der Waals surface area contributed by atoms with Gasteiger partial charge in [-0.25, -0.2) is 0 Å². The lowest BCUT2D eigenvalue weighted by Gasteiger charge is -2.03. The fourth-order valence-corrected chi connectivity index (χ4v) is 0.808. The second-order valence-corrected chi connectivity index (χ2v) is 2.35. The lowest BCUT2D eigenvalue weighted by Crippen LogP contribution is -2.06. The topological polar surface area (TPSA) is 90.3 Å². The van der Waals surface area contributed by atoms with Crippen molar-refractivity contribution < 1.29 is 10.2 Å². The number of phenolic OH excluding ortho intramolecular Hbond substituents is 2. The van der Waals surface area contributed by atoms with Crippen LogP contribution in [0.25, 0.3) is 0 Å². The molecule has 62 valence electrons. The van der Waals surface area contributed by atoms with E-state index in [0.29, 0.717) is 5.56 Å². The summed E-state index contributed by atoms with van der Waals surface area (Å²) >= 11 is 0. The molecule has 1 atom stereocenters. The minimum Gasteiger partial charge on any atom is -0.504 e. The maximum absolute atomic E-state index is 9.03. The smallest absolute Gasteiger partial charge is 0.157 e. The molecule has 4 nitrogen and oxygen atoms in total. The van der Waals surface area contributed by atoms with Crippen LogP contribution in [0.15, 0.2) is 18.2 Å². The molecule has 0 fully saturated rings. The van der Waals surface area contributed by atoms with Crippen LogP contribution in [-0.4, -0.2) is 10.2 Å². The first-order valence-corrected chi connectivity index (χ1v) is 3.32. The van der Waals surface area contributed by atoms with Crippen molar-refractivity contribution in [3.63, 3.8) is 0 Å². The standard InChI is InChI=1S/C8H8N2O2/c9-4-6(10)5-1-2-7(11)8(12)3-5/h1-3,6,11-12H,10H2. The summed E-state index contributed by atoms with van der Waals surface area (Å²) in [5, 5.41) is 26.4. The molecular formula is C8H8N2O2. The molecular weight excluding hydrogens is 156 g/mol. The van der Waals surface area contributed by atoms with E-state index in [4.69, 9.17) is 21.2 Å². The number of rotatable bonds is 1. The molecule has 4 N–H and O–H groups in total. The van der Waals surface area contributed by atoms with Crippen LogP contribution >= 0.6 is 0 Å². The second kappa shape index (κ2) is 3.11. The van der Waals surface area contributed by atoms with Gasteiger partial charge in [0.15, 0.2) is 11.5 Å². The van der Waals surface area contributed by atoms with Crippen molar-refractivity contribution in [1.82, 2.24) is 0 Å². The first-order chi connectivity index (χ1) is 5.65. The van der Waals surface area contributed by atoms with E-state index in [9.17, 15) is 0 Å². The SMILES string of the molecule is N#CC(N)c1ccc(O)c(O)c1. The van der Waals surface area contributed by atoms with Crippen LogP contribution in [0.1, 0.15) is 11.6 Å². The van der Waals surface area contributed by atoms with Crippen LogP contribution in [-0.2, 0) is 0 Å². The third-order valence-electron chi connectivity index (χ3n) is 1.50. The maximum atomic E-state index is 9.03. The Balaban J connectivity index is 3.06. The highest BCUT2D eigenvalue weighted by molar-refractivity contribution is 5.42. The van der Waals surface area contributed by atoms with E-state index >= 15 is 0 Å². The number of hydrogen-bond acceptors (Lipinski definition) is 4. The number of nitrogens with zero attached hydrogens (tertiary/aromatic N) is 1. The third kappa shape index (κ3) is 1.47. The first kappa shape index (κ1) is 8.37. The Kier molecular flexibility index (Phi) is 2.17. The van der Waals surface area contributed by atoms with Gasteiger partial charge in [0.2, 0.25) is 0 Å². The van der Waals surface area contributed by atoms with E-state index in [-0.39, 0.29) is 11.5 Å². The van der Waals surface area contributed by atoms with E-state index in [1.807, 2.05) is 6.07 Å². The Morgan fingerprint density at radius 3 is 2.50 bits per heavy atom. The predicted molar refractivity (Wildman–Crippen MR) is 42.3 cm³/mol. The number of benzene rings is 1. The molecule has 1 rings (SSSR count). The minimum absolute atomic E-state index is 0.219. The lowest BCUT2D eigenvalue weighted by molar-refractivity contribution is 0.403. The molecule has 0 saturated carbocycles. The Morgan fingerprint density at radius 2 is 2.00 bits per heavy atom. The quantitative estimate of drug-likeness (QED) is 0.531. The Labute approximate surface area is 69.5 Å². The average Bonchev–Trinajstić information content (AvgIpc) is 2.08. The van der Waals surface area contributed by atoms with Crippen molar-refractivity contribution in [1.29, 1.82) is 5.26 Å². The number of phenols is 2. The van der Waals surface area contributed by atoms with Crippen molar-refractivity contribution in [3.05, 3.63) is 23.8 Å². The molecule has 1 aromatic carbocycles. The largest absolute Gasteiger partial charge is 0.504 e. The zero-order chi connectivity index (χ0) is 9.14. The summed E-state index contributed by atoms with van der Waals surface area (Å²) in [6.07, 6.45) is 0. The summed E-state index contributed by atoms with van der Waals surface area (Å²) < 4.78 is 0. The van der Waals surface area contributed by atoms with Crippen LogP contribution in [0, 0.1) is 11.3 Å². The van der Waals surface area contributed by atoms with Crippen LogP contribution in [0.5, 0.6) is 11.5 Å². The zero-order valence-corrected chi connectivity index (χ0v) is 6.23. The molecule has 0 aliphatic heterocycles. The van der Waals surface area contributed by atoms with Gasteiger partial charge >= 0.3 is 0 Å². The highest BCUT2D eigenvalue weighted by Crippen LogP contribution is 2.26. The molecule has 0 heterocycles. The minimum atomic E-state index is -0.767. The van der Waals surface area contributed by atoms with E-state index in [1.165, 1.54) is 18.2 Å². The zero-order valence-electron chi connectivity index (χ0n) is 6.23. The van der Waals surface area contributed by atoms with Gasteiger partial charge in [-0.1, -0.05) is 6.07 Å². The van der Waals surface area contributed by atoms with Gasteiger partial charge in [0.1, 0.15) is 6.04 Å². The summed E-state index contributed by atoms with van der Waals surface area (Å²) in [5.41, 5.74) is 5.84. The second-order valence-electron chi connectivity index (χ2n) is 2.35. The average molecular weight is 164 g/mol. The van der Waals surface area contributed by atoms with Gasteiger partial charge < -0.3 is 15.9 Å². The van der Waals surface area contributed by atoms with E-state index < -0.39 is 6.04 Å². The summed E-state index contributed by atoms with van der Waals surface area (Å²) in [7, 11) is 0. The normalized spacial score (nSPS) is 12.0. The Morgan fingerprint density at radius 1 is 1.33 bits per heavy atom. The van der Waals surface area contributed by atoms with Crippen molar-refractivity contribution in [2.45, 2.75) is 6.04 Å². The van der Waals surface area contributed by atoms with Crippen molar-refractivity contribution in [2.75, 3.05) is 0 Å². The fourth-order valence-electron chi connectivity index (χ4n) is 0.808. The Bertz CT molecular complexity index is 330. The molecule has 0 amide bonds. The van der Waals surface area contributed by atoms with Gasteiger partial charge in [-0.05, 0) is 17.7 Å². The number of hydrogen-bond donors (Lipinski definition) is 3. The summed E-state index contributed by atoms with van der Waals surface area (Å²) in [6.45, 7) is 0. The van der Waals surface area contributed by atoms with Crippen molar-refractivity contribution >= 4 is 0 Å². The van der Waals surface area contributed by atoms with E-state index in [0.717, 1.165) is 0 Å². The lowest BCUT2D eigenvalue weighted by atomic mass is 10.1. The summed E-state index contributed by atoms with van der Waals surface area (Å²) in [6, 6.07) is 5.10. The third-order valence-corrected chi connectivity index (χ3v) is 1.50. The summed E-state index contributed by atoms with van der Waals surface area (Å²) in [5.74, 6) is -0.484. The predicted octanol–water partition coefficient (Wildman–Crippen LogP) is 0.621. The Hall–Kier alpha value is -1.73. The molecule has 0 spiro atoms. The molecule has 4 heteroatoms. The van der Waals surface area contributed by atoms with Crippen molar-refractivity contribution in [2.24, 2.45) is 5.73 Å². The van der Waals surface area contributed by atoms with Gasteiger partial charge in [0.25, 0.3) is 0 Å². The van der Waals surface area contributed by atoms with Gasteiger partial charge in [0, 0.05) is 0 Å². The van der Waals surface area contributed by atoms with E-state index in [1.54, 1.807) is 0 Å². The molecule has 0 radical (unpaired) electrons.